The van der Waals surface area contributed by atoms with Crippen LogP contribution in [0.2, 0.25) is 5.02 Å². The van der Waals surface area contributed by atoms with Gasteiger partial charge in [-0.2, -0.15) is 0 Å². The van der Waals surface area contributed by atoms with Crippen LogP contribution in [0.15, 0.2) is 24.3 Å². The first-order valence-electron chi connectivity index (χ1n) is 3.13. The molecule has 1 rings (SSSR count). The van der Waals surface area contributed by atoms with Gasteiger partial charge in [-0.3, -0.25) is 0 Å². The van der Waals surface area contributed by atoms with Crippen molar-refractivity contribution < 1.29 is 0 Å². The van der Waals surface area contributed by atoms with Gasteiger partial charge >= 0.3 is 74.2 Å². The van der Waals surface area contributed by atoms with E-state index >= 15 is 0 Å². The van der Waals surface area contributed by atoms with E-state index in [1.165, 1.54) is 5.56 Å². The number of halogens is 1. The molecule has 0 aliphatic carbocycles. The van der Waals surface area contributed by atoms with Gasteiger partial charge < -0.3 is 0 Å². The van der Waals surface area contributed by atoms with Gasteiger partial charge in [0.1, 0.15) is 0 Å². The van der Waals surface area contributed by atoms with Crippen molar-refractivity contribution in [2.45, 2.75) is 11.7 Å². The van der Waals surface area contributed by atoms with Crippen molar-refractivity contribution in [1.29, 1.82) is 0 Å². The quantitative estimate of drug-likeness (QED) is 0.636. The first-order valence-corrected chi connectivity index (χ1v) is 4.60. The SMILES string of the molecule is CC([SeH])c1ccc(Cl)cc1. The summed E-state index contributed by atoms with van der Waals surface area (Å²) in [5.74, 6) is 0. The van der Waals surface area contributed by atoms with Gasteiger partial charge in [0.2, 0.25) is 0 Å². The van der Waals surface area contributed by atoms with Crippen LogP contribution in [0.5, 0.6) is 0 Å². The molecule has 2 heteroatoms. The average molecular weight is 220 g/mol. The zero-order valence-corrected chi connectivity index (χ0v) is 8.34. The van der Waals surface area contributed by atoms with Gasteiger partial charge in [-0.05, 0) is 0 Å². The van der Waals surface area contributed by atoms with Crippen LogP contribution in [0.3, 0.4) is 0 Å². The molecule has 1 atom stereocenters. The molecule has 10 heavy (non-hydrogen) atoms. The molecule has 0 amide bonds. The fourth-order valence-corrected chi connectivity index (χ4v) is 1.23. The standard InChI is InChI=1S/C8H9ClSe/c1-6(10)7-2-4-8(9)5-3-7/h2-6,10H,1H3. The van der Waals surface area contributed by atoms with E-state index in [0.717, 1.165) is 5.02 Å². The van der Waals surface area contributed by atoms with Crippen LogP contribution < -0.4 is 0 Å². The van der Waals surface area contributed by atoms with Crippen LogP contribution in [0.4, 0.5) is 0 Å². The fraction of sp³-hybridized carbons (Fsp3) is 0.250. The normalized spacial score (nSPS) is 13.1. The Morgan fingerprint density at radius 3 is 2.20 bits per heavy atom. The Hall–Kier alpha value is 0.0295. The van der Waals surface area contributed by atoms with Gasteiger partial charge in [-0.25, -0.2) is 0 Å². The molecule has 1 aromatic rings. The summed E-state index contributed by atoms with van der Waals surface area (Å²) < 4.78 is 0. The third kappa shape index (κ3) is 2.02. The van der Waals surface area contributed by atoms with E-state index in [1.54, 1.807) is 0 Å². The van der Waals surface area contributed by atoms with Crippen LogP contribution >= 0.6 is 11.6 Å². The Morgan fingerprint density at radius 2 is 1.80 bits per heavy atom. The Morgan fingerprint density at radius 1 is 1.30 bits per heavy atom. The molecule has 0 radical (unpaired) electrons. The monoisotopic (exact) mass is 220 g/mol. The second-order valence-corrected chi connectivity index (χ2v) is 4.29. The summed E-state index contributed by atoms with van der Waals surface area (Å²) in [6, 6.07) is 7.93. The zero-order chi connectivity index (χ0) is 7.56. The summed E-state index contributed by atoms with van der Waals surface area (Å²) >= 11 is 8.31. The van der Waals surface area contributed by atoms with Gasteiger partial charge in [0.25, 0.3) is 0 Å². The second-order valence-electron chi connectivity index (χ2n) is 2.23. The van der Waals surface area contributed by atoms with E-state index in [0.29, 0.717) is 4.82 Å². The molecule has 0 bridgehead atoms. The number of hydrogen-bond donors (Lipinski definition) is 0. The van der Waals surface area contributed by atoms with Crippen LogP contribution in [-0.2, 0) is 0 Å². The predicted octanol–water partition coefficient (Wildman–Crippen LogP) is 2.30. The molecular formula is C8H9ClSe. The van der Waals surface area contributed by atoms with Crippen molar-refractivity contribution in [3.63, 3.8) is 0 Å². The van der Waals surface area contributed by atoms with E-state index in [1.807, 2.05) is 24.3 Å². The molecule has 1 aromatic carbocycles. The molecule has 1 unspecified atom stereocenters. The molecule has 0 saturated carbocycles. The molecule has 0 saturated heterocycles. The summed E-state index contributed by atoms with van der Waals surface area (Å²) in [7, 11) is 0. The molecular weight excluding hydrogens is 211 g/mol. The summed E-state index contributed by atoms with van der Waals surface area (Å²) in [5, 5.41) is 0.803. The van der Waals surface area contributed by atoms with E-state index in [4.69, 9.17) is 11.6 Å². The number of hydrogen-bond acceptors (Lipinski definition) is 0. The molecule has 0 heterocycles. The molecule has 0 nitrogen and oxygen atoms in total. The molecule has 0 aliphatic rings. The minimum atomic E-state index is 0.532. The van der Waals surface area contributed by atoms with Crippen molar-refractivity contribution in [2.24, 2.45) is 0 Å². The summed E-state index contributed by atoms with van der Waals surface area (Å²) in [6.45, 7) is 2.14. The van der Waals surface area contributed by atoms with Crippen molar-refractivity contribution in [1.82, 2.24) is 0 Å². The van der Waals surface area contributed by atoms with E-state index in [9.17, 15) is 0 Å². The van der Waals surface area contributed by atoms with Crippen molar-refractivity contribution in [2.75, 3.05) is 0 Å². The van der Waals surface area contributed by atoms with E-state index < -0.39 is 0 Å². The fourth-order valence-electron chi connectivity index (χ4n) is 0.741. The molecule has 0 fully saturated rings. The Kier molecular flexibility index (Phi) is 2.79. The van der Waals surface area contributed by atoms with Gasteiger partial charge in [0, 0.05) is 0 Å². The molecule has 0 spiro atoms. The Bertz CT molecular complexity index is 203. The van der Waals surface area contributed by atoms with E-state index in [-0.39, 0.29) is 0 Å². The summed E-state index contributed by atoms with van der Waals surface area (Å²) in [5.41, 5.74) is 1.31. The Labute approximate surface area is 74.4 Å². The van der Waals surface area contributed by atoms with Gasteiger partial charge in [-0.15, -0.1) is 0 Å². The average Bonchev–Trinajstić information content (AvgIpc) is 1.88. The first kappa shape index (κ1) is 8.13. The van der Waals surface area contributed by atoms with Crippen LogP contribution in [0.1, 0.15) is 17.3 Å². The second kappa shape index (κ2) is 3.43. The number of benzene rings is 1. The van der Waals surface area contributed by atoms with Crippen molar-refractivity contribution in [3.05, 3.63) is 34.9 Å². The van der Waals surface area contributed by atoms with Crippen molar-refractivity contribution >= 4 is 27.6 Å². The topological polar surface area (TPSA) is 0 Å². The van der Waals surface area contributed by atoms with Crippen LogP contribution in [0.25, 0.3) is 0 Å². The molecule has 0 aliphatic heterocycles. The molecule has 0 aromatic heterocycles. The molecule has 54 valence electrons. The third-order valence-electron chi connectivity index (χ3n) is 1.35. The summed E-state index contributed by atoms with van der Waals surface area (Å²) in [4.78, 5) is 0.532. The maximum absolute atomic E-state index is 5.71. The number of rotatable bonds is 1. The zero-order valence-electron chi connectivity index (χ0n) is 5.71. The van der Waals surface area contributed by atoms with Crippen LogP contribution in [-0.4, -0.2) is 16.0 Å². The third-order valence-corrected chi connectivity index (χ3v) is 2.23. The van der Waals surface area contributed by atoms with Gasteiger partial charge in [-0.1, -0.05) is 0 Å². The van der Waals surface area contributed by atoms with Crippen LogP contribution in [0, 0.1) is 0 Å². The molecule has 0 N–H and O–H groups in total. The van der Waals surface area contributed by atoms with E-state index in [2.05, 4.69) is 22.9 Å². The maximum atomic E-state index is 5.71. The predicted molar refractivity (Wildman–Crippen MR) is 47.0 cm³/mol. The van der Waals surface area contributed by atoms with Crippen molar-refractivity contribution in [3.8, 4) is 0 Å². The first-order chi connectivity index (χ1) is 4.70. The van der Waals surface area contributed by atoms with Gasteiger partial charge in [0.15, 0.2) is 0 Å². The minimum absolute atomic E-state index is 0.532. The summed E-state index contributed by atoms with van der Waals surface area (Å²) in [6.07, 6.45) is 0. The van der Waals surface area contributed by atoms with Gasteiger partial charge in [0.05, 0.1) is 0 Å². The Balaban J connectivity index is 2.89.